The zero-order chi connectivity index (χ0) is 22.0. The number of hydrogen-bond donors (Lipinski definition) is 0. The lowest BCUT2D eigenvalue weighted by atomic mass is 10.2. The van der Waals surface area contributed by atoms with Crippen LogP contribution < -0.4 is 0 Å². The molecule has 0 N–H and O–H groups in total. The van der Waals surface area contributed by atoms with E-state index in [1.165, 1.54) is 9.70 Å². The maximum atomic E-state index is 13.9. The van der Waals surface area contributed by atoms with Gasteiger partial charge in [-0.25, -0.2) is 17.2 Å². The number of carbonyl (C=O) groups is 1. The van der Waals surface area contributed by atoms with Crippen molar-refractivity contribution in [3.05, 3.63) is 60.2 Å². The van der Waals surface area contributed by atoms with Crippen molar-refractivity contribution in [2.24, 2.45) is 0 Å². The van der Waals surface area contributed by atoms with Gasteiger partial charge in [-0.05, 0) is 17.3 Å². The maximum absolute atomic E-state index is 13.9. The average Bonchev–Trinajstić information content (AvgIpc) is 3.22. The SMILES string of the molecule is O=C(Cn1nnc(-c2ccccc2)n1)N1CCN(S(=O)(=O)c2c(F)cccc2F)CC1. The molecule has 12 heteroatoms. The molecule has 1 aromatic heterocycles. The third-order valence-electron chi connectivity index (χ3n) is 4.87. The summed E-state index contributed by atoms with van der Waals surface area (Å²) in [6, 6.07) is 12.1. The van der Waals surface area contributed by atoms with Gasteiger partial charge in [-0.2, -0.15) is 9.10 Å². The number of aromatic nitrogens is 4. The van der Waals surface area contributed by atoms with Crippen LogP contribution in [0.25, 0.3) is 11.4 Å². The molecule has 0 radical (unpaired) electrons. The maximum Gasteiger partial charge on any atom is 0.249 e. The van der Waals surface area contributed by atoms with Gasteiger partial charge < -0.3 is 4.90 Å². The smallest absolute Gasteiger partial charge is 0.249 e. The van der Waals surface area contributed by atoms with E-state index < -0.39 is 26.6 Å². The minimum absolute atomic E-state index is 0.0778. The topological polar surface area (TPSA) is 101 Å². The first-order chi connectivity index (χ1) is 14.9. The van der Waals surface area contributed by atoms with Gasteiger partial charge in [0.25, 0.3) is 0 Å². The quantitative estimate of drug-likeness (QED) is 0.581. The van der Waals surface area contributed by atoms with Gasteiger partial charge in [-0.3, -0.25) is 4.79 Å². The van der Waals surface area contributed by atoms with Crippen molar-refractivity contribution < 1.29 is 22.0 Å². The molecule has 31 heavy (non-hydrogen) atoms. The summed E-state index contributed by atoms with van der Waals surface area (Å²) in [5.74, 6) is -2.22. The molecule has 0 atom stereocenters. The molecule has 1 aliphatic heterocycles. The van der Waals surface area contributed by atoms with Crippen LogP contribution in [0.5, 0.6) is 0 Å². The summed E-state index contributed by atoms with van der Waals surface area (Å²) in [6.45, 7) is -0.166. The molecule has 1 saturated heterocycles. The summed E-state index contributed by atoms with van der Waals surface area (Å²) in [6.07, 6.45) is 0. The van der Waals surface area contributed by atoms with Gasteiger partial charge in [0.05, 0.1) is 0 Å². The fourth-order valence-corrected chi connectivity index (χ4v) is 4.80. The third kappa shape index (κ3) is 4.30. The molecular formula is C19H18F2N6O3S. The number of benzene rings is 2. The number of sulfonamides is 1. The Morgan fingerprint density at radius 3 is 2.23 bits per heavy atom. The Kier molecular flexibility index (Phi) is 5.74. The van der Waals surface area contributed by atoms with Crippen LogP contribution in [0.1, 0.15) is 0 Å². The van der Waals surface area contributed by atoms with Gasteiger partial charge >= 0.3 is 0 Å². The minimum atomic E-state index is -4.35. The summed E-state index contributed by atoms with van der Waals surface area (Å²) < 4.78 is 54.1. The van der Waals surface area contributed by atoms with E-state index in [1.54, 1.807) is 0 Å². The number of halogens is 2. The number of rotatable bonds is 5. The van der Waals surface area contributed by atoms with Crippen molar-refractivity contribution in [2.75, 3.05) is 26.2 Å². The normalized spacial score (nSPS) is 15.2. The number of piperazine rings is 1. The van der Waals surface area contributed by atoms with Crippen LogP contribution in [-0.2, 0) is 21.4 Å². The van der Waals surface area contributed by atoms with Crippen molar-refractivity contribution in [3.8, 4) is 11.4 Å². The molecule has 0 spiro atoms. The van der Waals surface area contributed by atoms with E-state index >= 15 is 0 Å². The summed E-state index contributed by atoms with van der Waals surface area (Å²) in [5.41, 5.74) is 0.764. The first kappa shape index (κ1) is 21.0. The molecule has 0 aliphatic carbocycles. The lowest BCUT2D eigenvalue weighted by molar-refractivity contribution is -0.133. The number of amides is 1. The van der Waals surface area contributed by atoms with Crippen molar-refractivity contribution in [3.63, 3.8) is 0 Å². The first-order valence-electron chi connectivity index (χ1n) is 9.41. The van der Waals surface area contributed by atoms with E-state index in [9.17, 15) is 22.0 Å². The van der Waals surface area contributed by atoms with Gasteiger partial charge in [-0.1, -0.05) is 36.4 Å². The molecule has 3 aromatic rings. The summed E-state index contributed by atoms with van der Waals surface area (Å²) in [5, 5.41) is 12.0. The molecule has 2 aromatic carbocycles. The monoisotopic (exact) mass is 448 g/mol. The van der Waals surface area contributed by atoms with Crippen LogP contribution in [0, 0.1) is 11.6 Å². The Bertz CT molecular complexity index is 1170. The largest absolute Gasteiger partial charge is 0.338 e. The highest BCUT2D eigenvalue weighted by molar-refractivity contribution is 7.89. The number of hydrogen-bond acceptors (Lipinski definition) is 6. The summed E-state index contributed by atoms with van der Waals surface area (Å²) >= 11 is 0. The molecule has 9 nitrogen and oxygen atoms in total. The molecular weight excluding hydrogens is 430 g/mol. The van der Waals surface area contributed by atoms with Crippen LogP contribution in [0.15, 0.2) is 53.4 Å². The fourth-order valence-electron chi connectivity index (χ4n) is 3.27. The van der Waals surface area contributed by atoms with Gasteiger partial charge in [0.2, 0.25) is 21.8 Å². The highest BCUT2D eigenvalue weighted by Crippen LogP contribution is 2.23. The van der Waals surface area contributed by atoms with Crippen molar-refractivity contribution in [1.82, 2.24) is 29.4 Å². The standard InChI is InChI=1S/C19H18F2N6O3S/c20-15-7-4-8-16(21)18(15)31(29,30)26-11-9-25(10-12-26)17(28)13-27-23-19(22-24-27)14-5-2-1-3-6-14/h1-8H,9-13H2. The van der Waals surface area contributed by atoms with Crippen LogP contribution in [0.3, 0.4) is 0 Å². The highest BCUT2D eigenvalue weighted by Gasteiger charge is 2.34. The molecule has 1 amide bonds. The van der Waals surface area contributed by atoms with E-state index in [2.05, 4.69) is 15.4 Å². The van der Waals surface area contributed by atoms with E-state index in [-0.39, 0.29) is 38.6 Å². The van der Waals surface area contributed by atoms with E-state index in [0.717, 1.165) is 28.1 Å². The molecule has 1 aliphatic rings. The number of carbonyl (C=O) groups excluding carboxylic acids is 1. The number of tetrazole rings is 1. The second-order valence-electron chi connectivity index (χ2n) is 6.85. The molecule has 0 saturated carbocycles. The van der Waals surface area contributed by atoms with Crippen molar-refractivity contribution in [1.29, 1.82) is 0 Å². The molecule has 2 heterocycles. The Balaban J connectivity index is 1.39. The zero-order valence-electron chi connectivity index (χ0n) is 16.2. The van der Waals surface area contributed by atoms with Crippen LogP contribution in [0.4, 0.5) is 8.78 Å². The second kappa shape index (κ2) is 8.47. The Labute approximate surface area is 176 Å². The lowest BCUT2D eigenvalue weighted by Gasteiger charge is -2.33. The van der Waals surface area contributed by atoms with Gasteiger partial charge in [0.1, 0.15) is 18.2 Å². The summed E-state index contributed by atoms with van der Waals surface area (Å²) in [4.78, 5) is 14.2. The summed E-state index contributed by atoms with van der Waals surface area (Å²) in [7, 11) is -4.35. The van der Waals surface area contributed by atoms with E-state index in [1.807, 2.05) is 30.3 Å². The second-order valence-corrected chi connectivity index (χ2v) is 8.72. The van der Waals surface area contributed by atoms with Gasteiger partial charge in [0.15, 0.2) is 4.90 Å². The fraction of sp³-hybridized carbons (Fsp3) is 0.263. The van der Waals surface area contributed by atoms with Crippen molar-refractivity contribution in [2.45, 2.75) is 11.4 Å². The van der Waals surface area contributed by atoms with Gasteiger partial charge in [0, 0.05) is 31.7 Å². The van der Waals surface area contributed by atoms with E-state index in [4.69, 9.17) is 0 Å². The molecule has 162 valence electrons. The van der Waals surface area contributed by atoms with Crippen LogP contribution in [-0.4, -0.2) is 69.9 Å². The molecule has 0 unspecified atom stereocenters. The molecule has 1 fully saturated rings. The average molecular weight is 448 g/mol. The van der Waals surface area contributed by atoms with Crippen molar-refractivity contribution >= 4 is 15.9 Å². The minimum Gasteiger partial charge on any atom is -0.338 e. The van der Waals surface area contributed by atoms with Crippen LogP contribution in [0.2, 0.25) is 0 Å². The Hall–Kier alpha value is -3.25. The zero-order valence-corrected chi connectivity index (χ0v) is 17.0. The highest BCUT2D eigenvalue weighted by atomic mass is 32.2. The Morgan fingerprint density at radius 2 is 1.58 bits per heavy atom. The number of nitrogens with zero attached hydrogens (tertiary/aromatic N) is 6. The first-order valence-corrected chi connectivity index (χ1v) is 10.9. The lowest BCUT2D eigenvalue weighted by Crippen LogP contribution is -2.51. The molecule has 4 rings (SSSR count). The predicted molar refractivity (Wildman–Crippen MR) is 105 cm³/mol. The predicted octanol–water partition coefficient (Wildman–Crippen LogP) is 1.15. The third-order valence-corrected chi connectivity index (χ3v) is 6.82. The Morgan fingerprint density at radius 1 is 0.935 bits per heavy atom. The van der Waals surface area contributed by atoms with E-state index in [0.29, 0.717) is 5.82 Å². The van der Waals surface area contributed by atoms with Crippen LogP contribution >= 0.6 is 0 Å². The molecule has 0 bridgehead atoms. The van der Waals surface area contributed by atoms with Gasteiger partial charge in [-0.15, -0.1) is 10.2 Å².